The summed E-state index contributed by atoms with van der Waals surface area (Å²) in [5.74, 6) is -0.0538. The molecule has 0 unspecified atom stereocenters. The Balaban J connectivity index is 1.84. The first-order chi connectivity index (χ1) is 18.2. The summed E-state index contributed by atoms with van der Waals surface area (Å²) in [6, 6.07) is 10.5. The molecule has 0 heterocycles. The van der Waals surface area contributed by atoms with Crippen molar-refractivity contribution in [3.05, 3.63) is 59.1 Å². The van der Waals surface area contributed by atoms with Crippen LogP contribution in [0.5, 0.6) is 0 Å². The van der Waals surface area contributed by atoms with Gasteiger partial charge in [0.1, 0.15) is 0 Å². The average molecular weight is 554 g/mol. The summed E-state index contributed by atoms with van der Waals surface area (Å²) in [5, 5.41) is 5.95. The van der Waals surface area contributed by atoms with E-state index in [-0.39, 0.29) is 18.1 Å². The van der Waals surface area contributed by atoms with E-state index in [1.165, 1.54) is 55.6 Å². The van der Waals surface area contributed by atoms with E-state index >= 15 is 0 Å². The van der Waals surface area contributed by atoms with Crippen LogP contribution in [0.2, 0.25) is 5.02 Å². The molecule has 0 saturated carbocycles. The van der Waals surface area contributed by atoms with Crippen LogP contribution in [0, 0.1) is 0 Å². The van der Waals surface area contributed by atoms with Crippen molar-refractivity contribution in [3.8, 4) is 0 Å². The predicted molar refractivity (Wildman–Crippen MR) is 149 cm³/mol. The van der Waals surface area contributed by atoms with Gasteiger partial charge in [0.2, 0.25) is 5.91 Å². The van der Waals surface area contributed by atoms with E-state index in [1.807, 2.05) is 0 Å². The maximum Gasteiger partial charge on any atom is 0.416 e. The van der Waals surface area contributed by atoms with Crippen LogP contribution >= 0.6 is 11.6 Å². The van der Waals surface area contributed by atoms with Gasteiger partial charge >= 0.3 is 12.2 Å². The zero-order valence-electron chi connectivity index (χ0n) is 22.1. The molecule has 0 spiro atoms. The van der Waals surface area contributed by atoms with Gasteiger partial charge in [-0.15, -0.1) is 0 Å². The number of hydrogen-bond acceptors (Lipinski definition) is 2. The summed E-state index contributed by atoms with van der Waals surface area (Å²) in [6.07, 6.45) is 6.85. The Morgan fingerprint density at radius 1 is 0.868 bits per heavy atom. The Bertz CT molecular complexity index is 1000. The van der Waals surface area contributed by atoms with Gasteiger partial charge in [-0.05, 0) is 49.2 Å². The fraction of sp³-hybridized carbons (Fsp3) is 0.517. The van der Waals surface area contributed by atoms with Gasteiger partial charge in [0.15, 0.2) is 0 Å². The number of hydrogen-bond donors (Lipinski definition) is 2. The van der Waals surface area contributed by atoms with E-state index in [4.69, 9.17) is 11.6 Å². The number of anilines is 2. The summed E-state index contributed by atoms with van der Waals surface area (Å²) >= 11 is 5.98. The summed E-state index contributed by atoms with van der Waals surface area (Å²) in [5.41, 5.74) is -0.307. The smallest absolute Gasteiger partial charge is 0.356 e. The van der Waals surface area contributed by atoms with Crippen molar-refractivity contribution in [2.24, 2.45) is 0 Å². The molecular weight excluding hydrogens is 515 g/mol. The first-order valence-electron chi connectivity index (χ1n) is 13.5. The average Bonchev–Trinajstić information content (AvgIpc) is 2.87. The molecule has 2 rings (SSSR count). The van der Waals surface area contributed by atoms with Crippen molar-refractivity contribution < 1.29 is 22.8 Å². The summed E-state index contributed by atoms with van der Waals surface area (Å²) < 4.78 is 39.8. The van der Waals surface area contributed by atoms with Crippen molar-refractivity contribution in [1.29, 1.82) is 0 Å². The molecule has 9 heteroatoms. The molecule has 0 radical (unpaired) electrons. The summed E-state index contributed by atoms with van der Waals surface area (Å²) in [4.78, 5) is 26.4. The van der Waals surface area contributed by atoms with Crippen LogP contribution < -0.4 is 15.5 Å². The van der Waals surface area contributed by atoms with E-state index in [2.05, 4.69) is 17.6 Å². The van der Waals surface area contributed by atoms with E-state index in [1.54, 1.807) is 24.3 Å². The molecule has 0 aliphatic carbocycles. The molecule has 2 aromatic rings. The second-order valence-electron chi connectivity index (χ2n) is 9.42. The largest absolute Gasteiger partial charge is 0.416 e. The van der Waals surface area contributed by atoms with Crippen molar-refractivity contribution in [2.75, 3.05) is 23.3 Å². The monoisotopic (exact) mass is 553 g/mol. The molecule has 0 saturated heterocycles. The van der Waals surface area contributed by atoms with E-state index in [9.17, 15) is 22.8 Å². The SMILES string of the molecule is CCCCCCCCCCCC(=O)NCCCN(C(=O)Nc1cccc(Cl)c1)c1cccc(C(F)(F)F)c1. The van der Waals surface area contributed by atoms with Gasteiger partial charge in [-0.3, -0.25) is 9.69 Å². The van der Waals surface area contributed by atoms with Crippen molar-refractivity contribution in [1.82, 2.24) is 5.32 Å². The minimum atomic E-state index is -4.53. The minimum Gasteiger partial charge on any atom is -0.356 e. The number of rotatable bonds is 16. The third-order valence-electron chi connectivity index (χ3n) is 6.19. The number of carbonyl (C=O) groups excluding carboxylic acids is 2. The second-order valence-corrected chi connectivity index (χ2v) is 9.86. The molecule has 210 valence electrons. The number of urea groups is 1. The molecule has 2 aromatic carbocycles. The number of alkyl halides is 3. The van der Waals surface area contributed by atoms with Gasteiger partial charge in [0, 0.05) is 35.9 Å². The van der Waals surface area contributed by atoms with Gasteiger partial charge in [-0.2, -0.15) is 13.2 Å². The lowest BCUT2D eigenvalue weighted by atomic mass is 10.1. The van der Waals surface area contributed by atoms with Crippen LogP contribution in [0.1, 0.15) is 83.1 Å². The Labute approximate surface area is 229 Å². The van der Waals surface area contributed by atoms with Gasteiger partial charge in [0.05, 0.1) is 5.56 Å². The minimum absolute atomic E-state index is 0.0538. The van der Waals surface area contributed by atoms with Crippen LogP contribution in [0.25, 0.3) is 0 Å². The second kappa shape index (κ2) is 17.0. The van der Waals surface area contributed by atoms with Crippen LogP contribution in [0.3, 0.4) is 0 Å². The van der Waals surface area contributed by atoms with Crippen molar-refractivity contribution in [2.45, 2.75) is 83.7 Å². The molecule has 0 aromatic heterocycles. The maximum absolute atomic E-state index is 13.3. The first kappa shape index (κ1) is 31.5. The zero-order chi connectivity index (χ0) is 27.8. The van der Waals surface area contributed by atoms with Gasteiger partial charge in [-0.1, -0.05) is 82.0 Å². The highest BCUT2D eigenvalue weighted by molar-refractivity contribution is 6.30. The summed E-state index contributed by atoms with van der Waals surface area (Å²) in [6.45, 7) is 2.64. The molecule has 2 N–H and O–H groups in total. The van der Waals surface area contributed by atoms with Crippen molar-refractivity contribution in [3.63, 3.8) is 0 Å². The lowest BCUT2D eigenvalue weighted by Crippen LogP contribution is -2.37. The maximum atomic E-state index is 13.3. The quantitative estimate of drug-likeness (QED) is 0.204. The molecule has 38 heavy (non-hydrogen) atoms. The molecule has 0 fully saturated rings. The normalized spacial score (nSPS) is 11.3. The lowest BCUT2D eigenvalue weighted by molar-refractivity contribution is -0.137. The number of nitrogens with zero attached hydrogens (tertiary/aromatic N) is 1. The molecule has 0 aliphatic rings. The topological polar surface area (TPSA) is 61.4 Å². The Morgan fingerprint density at radius 3 is 2.18 bits per heavy atom. The predicted octanol–water partition coefficient (Wildman–Crippen LogP) is 8.82. The van der Waals surface area contributed by atoms with Crippen LogP contribution in [-0.2, 0) is 11.0 Å². The van der Waals surface area contributed by atoms with Gasteiger partial charge < -0.3 is 10.6 Å². The van der Waals surface area contributed by atoms with Crippen LogP contribution in [0.4, 0.5) is 29.3 Å². The lowest BCUT2D eigenvalue weighted by Gasteiger charge is -2.24. The highest BCUT2D eigenvalue weighted by Gasteiger charge is 2.31. The van der Waals surface area contributed by atoms with Crippen molar-refractivity contribution >= 4 is 34.9 Å². The summed E-state index contributed by atoms with van der Waals surface area (Å²) in [7, 11) is 0. The third-order valence-corrected chi connectivity index (χ3v) is 6.43. The molecular formula is C29H39ClF3N3O2. The van der Waals surface area contributed by atoms with Gasteiger partial charge in [0.25, 0.3) is 0 Å². The van der Waals surface area contributed by atoms with Gasteiger partial charge in [-0.25, -0.2) is 4.79 Å². The first-order valence-corrected chi connectivity index (χ1v) is 13.9. The van der Waals surface area contributed by atoms with Crippen LogP contribution in [-0.4, -0.2) is 25.0 Å². The molecule has 0 atom stereocenters. The molecule has 5 nitrogen and oxygen atoms in total. The highest BCUT2D eigenvalue weighted by Crippen LogP contribution is 2.32. The fourth-order valence-corrected chi connectivity index (χ4v) is 4.30. The Hall–Kier alpha value is -2.74. The Morgan fingerprint density at radius 2 is 1.53 bits per heavy atom. The number of nitrogens with one attached hydrogen (secondary N) is 2. The van der Waals surface area contributed by atoms with E-state index in [0.29, 0.717) is 30.1 Å². The molecule has 0 bridgehead atoms. The Kier molecular flexibility index (Phi) is 14.1. The third kappa shape index (κ3) is 12.2. The number of benzene rings is 2. The number of halogens is 4. The van der Waals surface area contributed by atoms with E-state index < -0.39 is 17.8 Å². The van der Waals surface area contributed by atoms with Crippen LogP contribution in [0.15, 0.2) is 48.5 Å². The fourth-order valence-electron chi connectivity index (χ4n) is 4.10. The number of carbonyl (C=O) groups is 2. The standard InChI is InChI=1S/C29H39ClF3N3O2/c1-2-3-4-5-6-7-8-9-10-18-27(37)34-19-13-20-36(26-17-11-14-23(21-26)29(31,32)33)28(38)35-25-16-12-15-24(30)22-25/h11-12,14-17,21-22H,2-10,13,18-20H2,1H3,(H,34,37)(H,35,38). The number of unbranched alkanes of at least 4 members (excludes halogenated alkanes) is 8. The molecule has 0 aliphatic heterocycles. The molecule has 3 amide bonds. The number of amides is 3. The van der Waals surface area contributed by atoms with E-state index in [0.717, 1.165) is 31.4 Å². The highest BCUT2D eigenvalue weighted by atomic mass is 35.5. The zero-order valence-corrected chi connectivity index (χ0v) is 22.8.